The third kappa shape index (κ3) is 4.08. The van der Waals surface area contributed by atoms with Gasteiger partial charge in [-0.05, 0) is 33.1 Å². The second-order valence-corrected chi connectivity index (χ2v) is 4.36. The summed E-state index contributed by atoms with van der Waals surface area (Å²) in [6.07, 6.45) is 5.09. The number of rotatable bonds is 3. The minimum Gasteiger partial charge on any atom is -0.351 e. The van der Waals surface area contributed by atoms with Gasteiger partial charge in [-0.15, -0.1) is 0 Å². The molecular weight excluding hydrogens is 164 g/mol. The molecule has 0 aromatic carbocycles. The molecule has 1 rings (SSSR count). The van der Waals surface area contributed by atoms with Crippen LogP contribution in [0.15, 0.2) is 11.6 Å². The van der Waals surface area contributed by atoms with Crippen molar-refractivity contribution in [3.63, 3.8) is 0 Å². The first-order valence-electron chi connectivity index (χ1n) is 4.73. The molecule has 74 valence electrons. The number of hydrogen-bond acceptors (Lipinski definition) is 2. The maximum atomic E-state index is 11.2. The Balaban J connectivity index is 2.25. The van der Waals surface area contributed by atoms with Crippen LogP contribution in [0.2, 0.25) is 0 Å². The molecule has 0 unspecified atom stereocenters. The average molecular weight is 182 g/mol. The van der Waals surface area contributed by atoms with E-state index in [4.69, 9.17) is 5.73 Å². The minimum absolute atomic E-state index is 0.00627. The quantitative estimate of drug-likeness (QED) is 0.638. The molecule has 0 aliphatic heterocycles. The lowest BCUT2D eigenvalue weighted by atomic mass is 9.92. The molecule has 1 fully saturated rings. The van der Waals surface area contributed by atoms with E-state index in [0.29, 0.717) is 6.54 Å². The molecule has 0 spiro atoms. The number of carbonyl (C=O) groups is 1. The number of nitrogens with two attached hydrogens (primary N) is 1. The van der Waals surface area contributed by atoms with Crippen molar-refractivity contribution in [2.24, 2.45) is 5.73 Å². The molecule has 3 heteroatoms. The Kier molecular flexibility index (Phi) is 3.09. The first kappa shape index (κ1) is 10.3. The lowest BCUT2D eigenvalue weighted by molar-refractivity contribution is -0.116. The zero-order valence-corrected chi connectivity index (χ0v) is 8.39. The van der Waals surface area contributed by atoms with E-state index >= 15 is 0 Å². The molecule has 3 N–H and O–H groups in total. The van der Waals surface area contributed by atoms with Gasteiger partial charge in [-0.1, -0.05) is 5.57 Å². The van der Waals surface area contributed by atoms with E-state index in [0.717, 1.165) is 12.8 Å². The third-order valence-electron chi connectivity index (χ3n) is 2.05. The van der Waals surface area contributed by atoms with Gasteiger partial charge in [0.05, 0.1) is 0 Å². The Labute approximate surface area is 79.4 Å². The van der Waals surface area contributed by atoms with Gasteiger partial charge >= 0.3 is 0 Å². The Morgan fingerprint density at radius 1 is 1.62 bits per heavy atom. The molecule has 0 radical (unpaired) electrons. The maximum Gasteiger partial charge on any atom is 0.243 e. The maximum absolute atomic E-state index is 11.2. The van der Waals surface area contributed by atoms with E-state index in [-0.39, 0.29) is 11.4 Å². The van der Waals surface area contributed by atoms with Gasteiger partial charge in [0, 0.05) is 18.2 Å². The van der Waals surface area contributed by atoms with Crippen molar-refractivity contribution in [1.82, 2.24) is 5.32 Å². The zero-order valence-electron chi connectivity index (χ0n) is 8.39. The summed E-state index contributed by atoms with van der Waals surface area (Å²) in [5.41, 5.74) is 6.66. The lowest BCUT2D eigenvalue weighted by Gasteiger charge is -2.19. The number of hydrogen-bond donors (Lipinski definition) is 2. The van der Waals surface area contributed by atoms with Gasteiger partial charge in [-0.3, -0.25) is 4.79 Å². The van der Waals surface area contributed by atoms with Gasteiger partial charge < -0.3 is 11.1 Å². The second kappa shape index (κ2) is 3.92. The van der Waals surface area contributed by atoms with Crippen molar-refractivity contribution in [3.05, 3.63) is 11.6 Å². The lowest BCUT2D eigenvalue weighted by Crippen LogP contribution is -2.44. The molecule has 0 bridgehead atoms. The molecule has 0 aromatic heterocycles. The van der Waals surface area contributed by atoms with E-state index in [1.165, 1.54) is 12.0 Å². The molecule has 0 aromatic rings. The highest BCUT2D eigenvalue weighted by molar-refractivity contribution is 5.88. The van der Waals surface area contributed by atoms with Gasteiger partial charge in [-0.2, -0.15) is 0 Å². The molecule has 1 saturated carbocycles. The molecule has 0 heterocycles. The highest BCUT2D eigenvalue weighted by Crippen LogP contribution is 2.24. The molecule has 1 amide bonds. The summed E-state index contributed by atoms with van der Waals surface area (Å²) in [5.74, 6) is -0.00627. The van der Waals surface area contributed by atoms with Crippen LogP contribution in [-0.4, -0.2) is 18.0 Å². The molecule has 1 aliphatic carbocycles. The van der Waals surface area contributed by atoms with Crippen LogP contribution in [0.25, 0.3) is 0 Å². The Hall–Kier alpha value is -0.830. The van der Waals surface area contributed by atoms with Crippen molar-refractivity contribution >= 4 is 5.91 Å². The van der Waals surface area contributed by atoms with E-state index in [1.807, 2.05) is 13.8 Å². The summed E-state index contributed by atoms with van der Waals surface area (Å²) in [6.45, 7) is 4.31. The van der Waals surface area contributed by atoms with E-state index in [1.54, 1.807) is 6.08 Å². The van der Waals surface area contributed by atoms with Crippen molar-refractivity contribution in [3.8, 4) is 0 Å². The fourth-order valence-electron chi connectivity index (χ4n) is 1.08. The van der Waals surface area contributed by atoms with Crippen LogP contribution in [0.4, 0.5) is 0 Å². The fraction of sp³-hybridized carbons (Fsp3) is 0.700. The normalized spacial score (nSPS) is 16.4. The first-order valence-corrected chi connectivity index (χ1v) is 4.73. The van der Waals surface area contributed by atoms with Crippen LogP contribution in [0.1, 0.15) is 33.1 Å². The number of nitrogens with one attached hydrogen (secondary N) is 1. The number of carbonyl (C=O) groups excluding carboxylic acids is 1. The van der Waals surface area contributed by atoms with Crippen LogP contribution < -0.4 is 11.1 Å². The largest absolute Gasteiger partial charge is 0.351 e. The fourth-order valence-corrected chi connectivity index (χ4v) is 1.08. The molecular formula is C10H18N2O. The summed E-state index contributed by atoms with van der Waals surface area (Å²) in [4.78, 5) is 11.2. The third-order valence-corrected chi connectivity index (χ3v) is 2.05. The molecule has 3 nitrogen and oxygen atoms in total. The van der Waals surface area contributed by atoms with Crippen LogP contribution in [-0.2, 0) is 4.79 Å². The first-order chi connectivity index (χ1) is 5.97. The van der Waals surface area contributed by atoms with Gasteiger partial charge in [0.25, 0.3) is 0 Å². The smallest absolute Gasteiger partial charge is 0.243 e. The van der Waals surface area contributed by atoms with Crippen LogP contribution in [0, 0.1) is 0 Å². The highest BCUT2D eigenvalue weighted by Gasteiger charge is 2.13. The zero-order chi connectivity index (χ0) is 9.90. The van der Waals surface area contributed by atoms with E-state index in [2.05, 4.69) is 5.32 Å². The SMILES string of the molecule is CC(C)(N)CNC(=O)C=C1CCC1. The Bertz CT molecular complexity index is 220. The molecule has 1 aliphatic rings. The van der Waals surface area contributed by atoms with Crippen molar-refractivity contribution in [2.45, 2.75) is 38.6 Å². The van der Waals surface area contributed by atoms with E-state index < -0.39 is 0 Å². The van der Waals surface area contributed by atoms with E-state index in [9.17, 15) is 4.79 Å². The Morgan fingerprint density at radius 3 is 2.62 bits per heavy atom. The van der Waals surface area contributed by atoms with Crippen molar-refractivity contribution < 1.29 is 4.79 Å². The summed E-state index contributed by atoms with van der Waals surface area (Å²) in [5, 5.41) is 2.78. The van der Waals surface area contributed by atoms with Crippen molar-refractivity contribution in [2.75, 3.05) is 6.54 Å². The minimum atomic E-state index is -0.326. The highest BCUT2D eigenvalue weighted by atomic mass is 16.1. The number of amides is 1. The summed E-state index contributed by atoms with van der Waals surface area (Å²) < 4.78 is 0. The predicted octanol–water partition coefficient (Wildman–Crippen LogP) is 0.950. The molecule has 0 atom stereocenters. The predicted molar refractivity (Wildman–Crippen MR) is 53.2 cm³/mol. The topological polar surface area (TPSA) is 55.1 Å². The van der Waals surface area contributed by atoms with Gasteiger partial charge in [0.15, 0.2) is 0 Å². The average Bonchev–Trinajstić information content (AvgIpc) is 1.91. The van der Waals surface area contributed by atoms with Crippen LogP contribution in [0.3, 0.4) is 0 Å². The molecule has 0 saturated heterocycles. The summed E-state index contributed by atoms with van der Waals surface area (Å²) in [7, 11) is 0. The summed E-state index contributed by atoms with van der Waals surface area (Å²) in [6, 6.07) is 0. The van der Waals surface area contributed by atoms with Crippen LogP contribution >= 0.6 is 0 Å². The van der Waals surface area contributed by atoms with Crippen molar-refractivity contribution in [1.29, 1.82) is 0 Å². The van der Waals surface area contributed by atoms with Gasteiger partial charge in [0.2, 0.25) is 5.91 Å². The van der Waals surface area contributed by atoms with Gasteiger partial charge in [-0.25, -0.2) is 0 Å². The van der Waals surface area contributed by atoms with Gasteiger partial charge in [0.1, 0.15) is 0 Å². The van der Waals surface area contributed by atoms with Crippen LogP contribution in [0.5, 0.6) is 0 Å². The standard InChI is InChI=1S/C10H18N2O/c1-10(2,11)7-12-9(13)6-8-4-3-5-8/h6H,3-5,7,11H2,1-2H3,(H,12,13). The molecule has 13 heavy (non-hydrogen) atoms. The Morgan fingerprint density at radius 2 is 2.23 bits per heavy atom. The second-order valence-electron chi connectivity index (χ2n) is 4.36. The monoisotopic (exact) mass is 182 g/mol. The summed E-state index contributed by atoms with van der Waals surface area (Å²) >= 11 is 0. The number of allylic oxidation sites excluding steroid dienone is 1.